The first kappa shape index (κ1) is 37.0. The van der Waals surface area contributed by atoms with Gasteiger partial charge in [0.2, 0.25) is 5.72 Å². The first-order valence-electron chi connectivity index (χ1n) is 18.3. The second-order valence-corrected chi connectivity index (χ2v) is 16.0. The SMILES string of the molecule is CCCCCCN1c2ccccc2C(C)(C)C12C=Nc1c(ccc3ccc(OC(=O)CCNCCC[Si](OCC)(OCC)OCC)cc13)O2. The van der Waals surface area contributed by atoms with E-state index in [1.807, 2.05) is 51.3 Å². The topological polar surface area (TPSA) is 90.9 Å². The summed E-state index contributed by atoms with van der Waals surface area (Å²) >= 11 is 0. The van der Waals surface area contributed by atoms with E-state index in [4.69, 9.17) is 27.7 Å². The molecule has 2 aliphatic heterocycles. The molecule has 0 bridgehead atoms. The van der Waals surface area contributed by atoms with Gasteiger partial charge >= 0.3 is 14.8 Å². The summed E-state index contributed by atoms with van der Waals surface area (Å²) in [5.41, 5.74) is 2.14. The van der Waals surface area contributed by atoms with E-state index in [1.54, 1.807) is 0 Å². The fourth-order valence-electron chi connectivity index (χ4n) is 7.16. The van der Waals surface area contributed by atoms with Crippen LogP contribution in [0.5, 0.6) is 11.5 Å². The highest BCUT2D eigenvalue weighted by molar-refractivity contribution is 6.60. The summed E-state index contributed by atoms with van der Waals surface area (Å²) in [5, 5.41) is 5.24. The van der Waals surface area contributed by atoms with Crippen molar-refractivity contribution in [1.82, 2.24) is 5.32 Å². The normalized spacial score (nSPS) is 17.7. The molecule has 1 atom stereocenters. The molecule has 0 amide bonds. The molecule has 0 saturated carbocycles. The number of anilines is 1. The molecule has 266 valence electrons. The Kier molecular flexibility index (Phi) is 12.5. The lowest BCUT2D eigenvalue weighted by molar-refractivity contribution is -0.134. The third-order valence-electron chi connectivity index (χ3n) is 9.63. The number of para-hydroxylation sites is 1. The van der Waals surface area contributed by atoms with Gasteiger partial charge in [-0.25, -0.2) is 0 Å². The predicted molar refractivity (Wildman–Crippen MR) is 200 cm³/mol. The maximum absolute atomic E-state index is 12.8. The number of unbranched alkanes of at least 4 members (excludes halogenated alkanes) is 3. The molecule has 2 heterocycles. The zero-order valence-electron chi connectivity index (χ0n) is 30.3. The van der Waals surface area contributed by atoms with Crippen molar-refractivity contribution in [3.05, 3.63) is 60.2 Å². The third-order valence-corrected chi connectivity index (χ3v) is 12.8. The van der Waals surface area contributed by atoms with Gasteiger partial charge in [0, 0.05) is 50.0 Å². The maximum Gasteiger partial charge on any atom is 0.500 e. The minimum absolute atomic E-state index is 0.253. The van der Waals surface area contributed by atoms with Gasteiger partial charge in [-0.15, -0.1) is 0 Å². The van der Waals surface area contributed by atoms with Crippen LogP contribution in [-0.2, 0) is 23.5 Å². The lowest BCUT2D eigenvalue weighted by atomic mass is 9.77. The number of rotatable bonds is 19. The van der Waals surface area contributed by atoms with Crippen molar-refractivity contribution in [3.8, 4) is 11.5 Å². The van der Waals surface area contributed by atoms with Crippen LogP contribution in [0.4, 0.5) is 11.4 Å². The standard InChI is InChI=1S/C39H55N3O6Si/c1-7-11-12-15-26-42-34-18-14-13-17-33(34)38(5,6)39(42)29-41-37-32-28-31(21-19-30(32)20-22-35(37)48-39)47-36(43)23-25-40-24-16-27-49(44-8-2,45-9-3)46-10-4/h13-14,17-22,28-29,40H,7-12,15-16,23-27H2,1-6H3. The van der Waals surface area contributed by atoms with Gasteiger partial charge in [-0.05, 0) is 89.2 Å². The first-order chi connectivity index (χ1) is 23.7. The van der Waals surface area contributed by atoms with Crippen LogP contribution in [0.1, 0.15) is 85.6 Å². The van der Waals surface area contributed by atoms with Gasteiger partial charge in [0.05, 0.1) is 18.1 Å². The zero-order chi connectivity index (χ0) is 34.9. The van der Waals surface area contributed by atoms with Crippen molar-refractivity contribution in [2.75, 3.05) is 44.4 Å². The van der Waals surface area contributed by atoms with Gasteiger partial charge in [0.25, 0.3) is 0 Å². The lowest BCUT2D eigenvalue weighted by Crippen LogP contribution is -2.62. The fourth-order valence-corrected chi connectivity index (χ4v) is 9.77. The number of nitrogens with zero attached hydrogens (tertiary/aromatic N) is 2. The highest BCUT2D eigenvalue weighted by Gasteiger charge is 2.59. The molecular weight excluding hydrogens is 635 g/mol. The number of ether oxygens (including phenoxy) is 2. The van der Waals surface area contributed by atoms with E-state index in [-0.39, 0.29) is 17.8 Å². The quantitative estimate of drug-likeness (QED) is 0.0582. The Labute approximate surface area is 293 Å². The summed E-state index contributed by atoms with van der Waals surface area (Å²) in [6, 6.07) is 19.1. The summed E-state index contributed by atoms with van der Waals surface area (Å²) in [5.74, 6) is 0.932. The van der Waals surface area contributed by atoms with Crippen molar-refractivity contribution >= 4 is 43.1 Å². The third kappa shape index (κ3) is 7.89. The number of carbonyl (C=O) groups is 1. The molecule has 3 aromatic carbocycles. The van der Waals surface area contributed by atoms with Gasteiger partial charge < -0.3 is 33.0 Å². The maximum atomic E-state index is 12.8. The van der Waals surface area contributed by atoms with E-state index in [9.17, 15) is 4.79 Å². The highest BCUT2D eigenvalue weighted by atomic mass is 28.4. The Bertz CT molecular complexity index is 1580. The molecule has 0 aliphatic carbocycles. The van der Waals surface area contributed by atoms with Crippen LogP contribution in [0.3, 0.4) is 0 Å². The molecule has 10 heteroatoms. The molecule has 1 N–H and O–H groups in total. The summed E-state index contributed by atoms with van der Waals surface area (Å²) in [7, 11) is -2.66. The Morgan fingerprint density at radius 1 is 0.898 bits per heavy atom. The molecule has 0 fully saturated rings. The molecule has 2 aliphatic rings. The van der Waals surface area contributed by atoms with E-state index in [0.717, 1.165) is 54.2 Å². The van der Waals surface area contributed by atoms with Crippen molar-refractivity contribution < 1.29 is 27.5 Å². The summed E-state index contributed by atoms with van der Waals surface area (Å²) in [6.07, 6.45) is 7.78. The second-order valence-electron chi connectivity index (χ2n) is 13.3. The van der Waals surface area contributed by atoms with Crippen molar-refractivity contribution in [3.63, 3.8) is 0 Å². The van der Waals surface area contributed by atoms with Gasteiger partial charge in [-0.3, -0.25) is 9.79 Å². The van der Waals surface area contributed by atoms with Gasteiger partial charge in [0.1, 0.15) is 17.2 Å². The number of nitrogens with one attached hydrogen (secondary N) is 1. The smallest absolute Gasteiger partial charge is 0.459 e. The largest absolute Gasteiger partial charge is 0.500 e. The molecular formula is C39H55N3O6Si. The minimum Gasteiger partial charge on any atom is -0.459 e. The van der Waals surface area contributed by atoms with Gasteiger partial charge in [0.15, 0.2) is 0 Å². The Balaban J connectivity index is 1.24. The average Bonchev–Trinajstić information content (AvgIpc) is 3.26. The Morgan fingerprint density at radius 2 is 1.63 bits per heavy atom. The van der Waals surface area contributed by atoms with Crippen LogP contribution in [0.25, 0.3) is 10.8 Å². The molecule has 49 heavy (non-hydrogen) atoms. The second kappa shape index (κ2) is 16.6. The zero-order valence-corrected chi connectivity index (χ0v) is 31.3. The van der Waals surface area contributed by atoms with Crippen LogP contribution in [0.15, 0.2) is 59.6 Å². The number of hydrogen-bond donors (Lipinski definition) is 1. The van der Waals surface area contributed by atoms with E-state index in [2.05, 4.69) is 61.3 Å². The number of benzene rings is 3. The summed E-state index contributed by atoms with van der Waals surface area (Å²) < 4.78 is 30.7. The molecule has 1 spiro atoms. The van der Waals surface area contributed by atoms with E-state index in [1.165, 1.54) is 30.5 Å². The fraction of sp³-hybridized carbons (Fsp3) is 0.538. The highest BCUT2D eigenvalue weighted by Crippen LogP contribution is 2.55. The number of fused-ring (bicyclic) bond motifs is 4. The van der Waals surface area contributed by atoms with Gasteiger partial charge in [-0.2, -0.15) is 0 Å². The molecule has 0 aromatic heterocycles. The number of aliphatic imine (C=N–C) groups is 1. The minimum atomic E-state index is -2.66. The van der Waals surface area contributed by atoms with Crippen molar-refractivity contribution in [1.29, 1.82) is 0 Å². The van der Waals surface area contributed by atoms with E-state index in [0.29, 0.717) is 32.1 Å². The molecule has 0 radical (unpaired) electrons. The summed E-state index contributed by atoms with van der Waals surface area (Å²) in [4.78, 5) is 20.3. The molecule has 1 unspecified atom stereocenters. The van der Waals surface area contributed by atoms with Crippen LogP contribution in [-0.4, -0.2) is 66.2 Å². The van der Waals surface area contributed by atoms with E-state index < -0.39 is 14.5 Å². The Hall–Kier alpha value is -3.28. The summed E-state index contributed by atoms with van der Waals surface area (Å²) in [6.45, 7) is 16.5. The predicted octanol–water partition coefficient (Wildman–Crippen LogP) is 8.33. The molecule has 0 saturated heterocycles. The van der Waals surface area contributed by atoms with Crippen LogP contribution in [0, 0.1) is 0 Å². The number of esters is 1. The van der Waals surface area contributed by atoms with Gasteiger partial charge in [-0.1, -0.05) is 56.5 Å². The van der Waals surface area contributed by atoms with Crippen molar-refractivity contribution in [2.45, 2.75) is 97.3 Å². The lowest BCUT2D eigenvalue weighted by Gasteiger charge is -2.46. The molecule has 3 aromatic rings. The first-order valence-corrected chi connectivity index (χ1v) is 20.2. The number of carbonyl (C=O) groups excluding carboxylic acids is 1. The molecule has 5 rings (SSSR count). The van der Waals surface area contributed by atoms with Crippen LogP contribution < -0.4 is 19.7 Å². The van der Waals surface area contributed by atoms with Crippen LogP contribution in [0.2, 0.25) is 6.04 Å². The van der Waals surface area contributed by atoms with Crippen molar-refractivity contribution in [2.24, 2.45) is 4.99 Å². The molecule has 9 nitrogen and oxygen atoms in total. The van der Waals surface area contributed by atoms with E-state index >= 15 is 0 Å². The van der Waals surface area contributed by atoms with Crippen LogP contribution >= 0.6 is 0 Å². The Morgan fingerprint density at radius 3 is 2.37 bits per heavy atom. The monoisotopic (exact) mass is 689 g/mol. The number of hydrogen-bond acceptors (Lipinski definition) is 9. The average molecular weight is 690 g/mol.